The fourth-order valence-corrected chi connectivity index (χ4v) is 3.37. The Hall–Kier alpha value is -0.160. The molecule has 0 amide bonds. The van der Waals surface area contributed by atoms with Gasteiger partial charge in [0.05, 0.1) is 31.0 Å². The van der Waals surface area contributed by atoms with Gasteiger partial charge < -0.3 is 29.5 Å². The van der Waals surface area contributed by atoms with E-state index in [9.17, 15) is 5.11 Å². The fraction of sp³-hybridized carbons (Fsp3) is 0.944. The monoisotopic (exact) mass is 485 g/mol. The number of morpholine rings is 1. The van der Waals surface area contributed by atoms with Gasteiger partial charge in [-0.25, -0.2) is 0 Å². The number of methoxy groups -OCH3 is 1. The molecule has 2 rings (SSSR count). The van der Waals surface area contributed by atoms with Crippen molar-refractivity contribution in [3.63, 3.8) is 0 Å². The summed E-state index contributed by atoms with van der Waals surface area (Å²) in [5, 5.41) is 12.5. The second-order valence-electron chi connectivity index (χ2n) is 6.89. The molecule has 2 saturated heterocycles. The molecule has 2 N–H and O–H groups in total. The zero-order valence-corrected chi connectivity index (χ0v) is 18.7. The molecule has 2 atom stereocenters. The van der Waals surface area contributed by atoms with Gasteiger partial charge in [0.25, 0.3) is 0 Å². The van der Waals surface area contributed by atoms with Gasteiger partial charge in [0, 0.05) is 52.8 Å². The minimum Gasteiger partial charge on any atom is -0.395 e. The predicted octanol–water partition coefficient (Wildman–Crippen LogP) is 1.63. The SMILES string of the molecule is CCC1CN(C(=NCC2(OC)CCOCC2)NCCO)CC(CC)O1.I. The largest absolute Gasteiger partial charge is 0.395 e. The van der Waals surface area contributed by atoms with Crippen LogP contribution in [-0.4, -0.2) is 86.9 Å². The zero-order valence-electron chi connectivity index (χ0n) is 16.4. The van der Waals surface area contributed by atoms with Crippen LogP contribution in [0.1, 0.15) is 39.5 Å². The first-order valence-corrected chi connectivity index (χ1v) is 9.58. The molecule has 26 heavy (non-hydrogen) atoms. The van der Waals surface area contributed by atoms with E-state index in [2.05, 4.69) is 24.1 Å². The third kappa shape index (κ3) is 6.78. The first-order valence-electron chi connectivity index (χ1n) is 9.58. The van der Waals surface area contributed by atoms with Crippen molar-refractivity contribution in [1.29, 1.82) is 0 Å². The van der Waals surface area contributed by atoms with E-state index in [0.717, 1.165) is 57.9 Å². The predicted molar refractivity (Wildman–Crippen MR) is 113 cm³/mol. The van der Waals surface area contributed by atoms with Gasteiger partial charge in [0.1, 0.15) is 0 Å². The Morgan fingerprint density at radius 1 is 1.23 bits per heavy atom. The lowest BCUT2D eigenvalue weighted by atomic mass is 9.94. The number of nitrogens with zero attached hydrogens (tertiary/aromatic N) is 2. The molecule has 2 heterocycles. The standard InChI is InChI=1S/C18H35N3O4.HI/c1-4-15-12-21(13-16(5-2)25-15)17(19-8-9-22)20-14-18(23-3)6-10-24-11-7-18;/h15-16,22H,4-14H2,1-3H3,(H,19,20);1H. The topological polar surface area (TPSA) is 75.6 Å². The van der Waals surface area contributed by atoms with Crippen molar-refractivity contribution >= 4 is 29.9 Å². The van der Waals surface area contributed by atoms with Crippen LogP contribution in [0, 0.1) is 0 Å². The smallest absolute Gasteiger partial charge is 0.194 e. The Kier molecular flexibility index (Phi) is 11.3. The molecule has 2 aliphatic heterocycles. The maximum atomic E-state index is 9.22. The number of hydrogen-bond acceptors (Lipinski definition) is 5. The quantitative estimate of drug-likeness (QED) is 0.325. The molecule has 0 spiro atoms. The van der Waals surface area contributed by atoms with Crippen molar-refractivity contribution in [1.82, 2.24) is 10.2 Å². The maximum absolute atomic E-state index is 9.22. The summed E-state index contributed by atoms with van der Waals surface area (Å²) >= 11 is 0. The number of guanidine groups is 1. The molecule has 0 aromatic carbocycles. The number of nitrogens with one attached hydrogen (secondary N) is 1. The number of rotatable bonds is 7. The van der Waals surface area contributed by atoms with Gasteiger partial charge in [-0.1, -0.05) is 13.8 Å². The molecule has 0 bridgehead atoms. The summed E-state index contributed by atoms with van der Waals surface area (Å²) in [5.41, 5.74) is -0.245. The van der Waals surface area contributed by atoms with Gasteiger partial charge in [0.15, 0.2) is 5.96 Å². The van der Waals surface area contributed by atoms with Gasteiger partial charge in [-0.05, 0) is 12.8 Å². The van der Waals surface area contributed by atoms with Crippen molar-refractivity contribution in [2.24, 2.45) is 4.99 Å². The molecule has 0 saturated carbocycles. The Morgan fingerprint density at radius 3 is 2.35 bits per heavy atom. The molecule has 0 aromatic rings. The molecular formula is C18H36IN3O4. The van der Waals surface area contributed by atoms with Gasteiger partial charge in [-0.2, -0.15) is 0 Å². The number of hydrogen-bond donors (Lipinski definition) is 2. The Balaban J connectivity index is 0.00000338. The highest BCUT2D eigenvalue weighted by Crippen LogP contribution is 2.25. The summed E-state index contributed by atoms with van der Waals surface area (Å²) in [6.45, 7) is 8.58. The van der Waals surface area contributed by atoms with Gasteiger partial charge in [0.2, 0.25) is 0 Å². The molecular weight excluding hydrogens is 449 g/mol. The van der Waals surface area contributed by atoms with E-state index in [1.54, 1.807) is 7.11 Å². The van der Waals surface area contributed by atoms with Crippen LogP contribution in [0.2, 0.25) is 0 Å². The van der Waals surface area contributed by atoms with Crippen molar-refractivity contribution in [3.05, 3.63) is 0 Å². The number of aliphatic hydroxyl groups excluding tert-OH is 1. The lowest BCUT2D eigenvalue weighted by Crippen LogP contribution is -2.54. The van der Waals surface area contributed by atoms with E-state index in [4.69, 9.17) is 19.2 Å². The summed E-state index contributed by atoms with van der Waals surface area (Å²) in [5.74, 6) is 0.845. The second kappa shape index (κ2) is 12.3. The van der Waals surface area contributed by atoms with Crippen molar-refractivity contribution in [2.75, 3.05) is 53.1 Å². The van der Waals surface area contributed by atoms with Crippen LogP contribution in [0.3, 0.4) is 0 Å². The summed E-state index contributed by atoms with van der Waals surface area (Å²) < 4.78 is 17.4. The summed E-state index contributed by atoms with van der Waals surface area (Å²) in [4.78, 5) is 7.14. The molecule has 2 aliphatic rings. The number of ether oxygens (including phenoxy) is 3. The Bertz CT molecular complexity index is 407. The highest BCUT2D eigenvalue weighted by molar-refractivity contribution is 14.0. The molecule has 0 aliphatic carbocycles. The second-order valence-corrected chi connectivity index (χ2v) is 6.89. The van der Waals surface area contributed by atoms with E-state index < -0.39 is 0 Å². The molecule has 0 aromatic heterocycles. The van der Waals surface area contributed by atoms with Crippen LogP contribution >= 0.6 is 24.0 Å². The normalized spacial score (nSPS) is 26.3. The van der Waals surface area contributed by atoms with Gasteiger partial charge >= 0.3 is 0 Å². The van der Waals surface area contributed by atoms with Crippen LogP contribution in [0.5, 0.6) is 0 Å². The van der Waals surface area contributed by atoms with E-state index >= 15 is 0 Å². The number of halogens is 1. The van der Waals surface area contributed by atoms with E-state index in [1.165, 1.54) is 0 Å². The third-order valence-electron chi connectivity index (χ3n) is 5.19. The molecule has 8 heteroatoms. The Labute approximate surface area is 174 Å². The fourth-order valence-electron chi connectivity index (χ4n) is 3.37. The highest BCUT2D eigenvalue weighted by atomic mass is 127. The van der Waals surface area contributed by atoms with Crippen LogP contribution in [0.25, 0.3) is 0 Å². The lowest BCUT2D eigenvalue weighted by Gasteiger charge is -2.40. The average molecular weight is 485 g/mol. The van der Waals surface area contributed by atoms with Crippen LogP contribution < -0.4 is 5.32 Å². The minimum atomic E-state index is -0.245. The van der Waals surface area contributed by atoms with Gasteiger partial charge in [-0.15, -0.1) is 24.0 Å². The van der Waals surface area contributed by atoms with Crippen molar-refractivity contribution in [3.8, 4) is 0 Å². The molecule has 2 fully saturated rings. The lowest BCUT2D eigenvalue weighted by molar-refractivity contribution is -0.0836. The molecule has 7 nitrogen and oxygen atoms in total. The van der Waals surface area contributed by atoms with E-state index in [1.807, 2.05) is 0 Å². The van der Waals surface area contributed by atoms with Crippen LogP contribution in [-0.2, 0) is 14.2 Å². The van der Waals surface area contributed by atoms with Gasteiger partial charge in [-0.3, -0.25) is 4.99 Å². The van der Waals surface area contributed by atoms with Crippen LogP contribution in [0.15, 0.2) is 4.99 Å². The summed E-state index contributed by atoms with van der Waals surface area (Å²) in [6, 6.07) is 0. The third-order valence-corrected chi connectivity index (χ3v) is 5.19. The van der Waals surface area contributed by atoms with Crippen molar-refractivity contribution in [2.45, 2.75) is 57.3 Å². The van der Waals surface area contributed by atoms with Crippen molar-refractivity contribution < 1.29 is 19.3 Å². The van der Waals surface area contributed by atoms with E-state index in [0.29, 0.717) is 13.1 Å². The molecule has 154 valence electrons. The summed E-state index contributed by atoms with van der Waals surface area (Å²) in [6.07, 6.45) is 4.13. The van der Waals surface area contributed by atoms with E-state index in [-0.39, 0.29) is 48.4 Å². The molecule has 0 radical (unpaired) electrons. The first-order chi connectivity index (χ1) is 12.2. The summed E-state index contributed by atoms with van der Waals surface area (Å²) in [7, 11) is 1.76. The number of aliphatic imine (C=N–C) groups is 1. The minimum absolute atomic E-state index is 0. The van der Waals surface area contributed by atoms with Crippen LogP contribution in [0.4, 0.5) is 0 Å². The average Bonchev–Trinajstić information content (AvgIpc) is 2.68. The number of aliphatic hydroxyl groups is 1. The molecule has 2 unspecified atom stereocenters. The Morgan fingerprint density at radius 2 is 1.85 bits per heavy atom. The highest BCUT2D eigenvalue weighted by Gasteiger charge is 2.33. The maximum Gasteiger partial charge on any atom is 0.194 e. The first kappa shape index (κ1) is 23.9. The zero-order chi connectivity index (χ0) is 18.1.